The van der Waals surface area contributed by atoms with E-state index >= 15 is 0 Å². The Labute approximate surface area is 114 Å². The molecule has 1 aromatic carbocycles. The van der Waals surface area contributed by atoms with Crippen molar-refractivity contribution >= 4 is 5.91 Å². The van der Waals surface area contributed by atoms with Gasteiger partial charge in [-0.1, -0.05) is 12.1 Å². The van der Waals surface area contributed by atoms with Crippen LogP contribution in [0, 0.1) is 5.82 Å². The fraction of sp³-hybridized carbons (Fsp3) is 0.533. The van der Waals surface area contributed by atoms with Crippen molar-refractivity contribution in [2.24, 2.45) is 0 Å². The third kappa shape index (κ3) is 4.31. The molecule has 0 heterocycles. The Kier molecular flexibility index (Phi) is 5.96. The molecular formula is C15H23FN2O. The number of amides is 1. The molecule has 1 amide bonds. The number of likely N-dealkylation sites (N-methyl/N-ethyl adjacent to an activating group) is 1. The fourth-order valence-corrected chi connectivity index (χ4v) is 2.13. The lowest BCUT2D eigenvalue weighted by Gasteiger charge is -2.26. The summed E-state index contributed by atoms with van der Waals surface area (Å²) in [5.74, 6) is -0.179. The third-order valence-electron chi connectivity index (χ3n) is 3.29. The van der Waals surface area contributed by atoms with Gasteiger partial charge in [-0.25, -0.2) is 4.39 Å². The number of hydrogen-bond acceptors (Lipinski definition) is 2. The summed E-state index contributed by atoms with van der Waals surface area (Å²) >= 11 is 0. The summed E-state index contributed by atoms with van der Waals surface area (Å²) in [6.45, 7) is 9.11. The number of nitrogens with one attached hydrogen (secondary N) is 1. The van der Waals surface area contributed by atoms with Crippen molar-refractivity contribution in [3.05, 3.63) is 35.6 Å². The number of carbonyl (C=O) groups is 1. The maximum Gasteiger partial charge on any atom is 0.239 e. The monoisotopic (exact) mass is 266 g/mol. The molecule has 1 unspecified atom stereocenters. The molecule has 3 nitrogen and oxygen atoms in total. The van der Waals surface area contributed by atoms with Gasteiger partial charge in [0.25, 0.3) is 0 Å². The molecule has 0 saturated carbocycles. The second-order valence-electron chi connectivity index (χ2n) is 4.68. The summed E-state index contributed by atoms with van der Waals surface area (Å²) in [5.41, 5.74) is 0.846. The second kappa shape index (κ2) is 7.24. The van der Waals surface area contributed by atoms with Crippen molar-refractivity contribution in [1.82, 2.24) is 10.2 Å². The SMILES string of the molecule is CCN(CC)C(=O)C(C)N[C@H](C)c1cccc(F)c1. The van der Waals surface area contributed by atoms with Crippen LogP contribution in [0.3, 0.4) is 0 Å². The average Bonchev–Trinajstić information content (AvgIpc) is 2.39. The van der Waals surface area contributed by atoms with Gasteiger partial charge in [0.15, 0.2) is 0 Å². The van der Waals surface area contributed by atoms with E-state index in [0.717, 1.165) is 5.56 Å². The average molecular weight is 266 g/mol. The molecule has 1 rings (SSSR count). The zero-order chi connectivity index (χ0) is 14.4. The van der Waals surface area contributed by atoms with Gasteiger partial charge >= 0.3 is 0 Å². The predicted octanol–water partition coefficient (Wildman–Crippen LogP) is 2.73. The summed E-state index contributed by atoms with van der Waals surface area (Å²) < 4.78 is 13.2. The normalized spacial score (nSPS) is 13.9. The number of carbonyl (C=O) groups excluding carboxylic acids is 1. The summed E-state index contributed by atoms with van der Waals surface area (Å²) in [6, 6.07) is 6.10. The first kappa shape index (κ1) is 15.6. The topological polar surface area (TPSA) is 32.3 Å². The zero-order valence-electron chi connectivity index (χ0n) is 12.1. The molecular weight excluding hydrogens is 243 g/mol. The van der Waals surface area contributed by atoms with Crippen LogP contribution in [0.5, 0.6) is 0 Å². The predicted molar refractivity (Wildman–Crippen MR) is 75.3 cm³/mol. The van der Waals surface area contributed by atoms with Crippen LogP contribution in [0.1, 0.15) is 39.3 Å². The highest BCUT2D eigenvalue weighted by atomic mass is 19.1. The van der Waals surface area contributed by atoms with Crippen molar-refractivity contribution in [2.75, 3.05) is 13.1 Å². The molecule has 106 valence electrons. The number of rotatable bonds is 6. The van der Waals surface area contributed by atoms with E-state index in [4.69, 9.17) is 0 Å². The van der Waals surface area contributed by atoms with Gasteiger partial charge in [-0.05, 0) is 45.4 Å². The summed E-state index contributed by atoms with van der Waals surface area (Å²) in [4.78, 5) is 13.9. The number of hydrogen-bond donors (Lipinski definition) is 1. The molecule has 0 aliphatic heterocycles. The Balaban J connectivity index is 2.66. The van der Waals surface area contributed by atoms with E-state index in [1.54, 1.807) is 11.0 Å². The van der Waals surface area contributed by atoms with Gasteiger partial charge in [0, 0.05) is 19.1 Å². The van der Waals surface area contributed by atoms with Crippen LogP contribution in [0.2, 0.25) is 0 Å². The second-order valence-corrected chi connectivity index (χ2v) is 4.68. The van der Waals surface area contributed by atoms with Gasteiger partial charge in [0.05, 0.1) is 6.04 Å². The zero-order valence-corrected chi connectivity index (χ0v) is 12.1. The van der Waals surface area contributed by atoms with Crippen LogP contribution >= 0.6 is 0 Å². The van der Waals surface area contributed by atoms with Crippen molar-refractivity contribution in [1.29, 1.82) is 0 Å². The van der Waals surface area contributed by atoms with E-state index in [0.29, 0.717) is 13.1 Å². The molecule has 0 aromatic heterocycles. The van der Waals surface area contributed by atoms with Gasteiger partial charge in [-0.2, -0.15) is 0 Å². The molecule has 0 aliphatic carbocycles. The highest BCUT2D eigenvalue weighted by Crippen LogP contribution is 2.14. The Morgan fingerprint density at radius 1 is 1.32 bits per heavy atom. The molecule has 1 N–H and O–H groups in total. The van der Waals surface area contributed by atoms with Crippen molar-refractivity contribution < 1.29 is 9.18 Å². The van der Waals surface area contributed by atoms with Crippen LogP contribution in [0.25, 0.3) is 0 Å². The molecule has 0 aliphatic rings. The molecule has 0 radical (unpaired) electrons. The Hall–Kier alpha value is -1.42. The van der Waals surface area contributed by atoms with E-state index in [9.17, 15) is 9.18 Å². The van der Waals surface area contributed by atoms with E-state index in [1.807, 2.05) is 33.8 Å². The lowest BCUT2D eigenvalue weighted by Crippen LogP contribution is -2.45. The lowest BCUT2D eigenvalue weighted by molar-refractivity contribution is -0.132. The quantitative estimate of drug-likeness (QED) is 0.858. The van der Waals surface area contributed by atoms with Crippen LogP contribution in [0.4, 0.5) is 4.39 Å². The standard InChI is InChI=1S/C15H23FN2O/c1-5-18(6-2)15(19)12(4)17-11(3)13-8-7-9-14(16)10-13/h7-12,17H,5-6H2,1-4H3/t11-,12?/m1/s1. The van der Waals surface area contributed by atoms with Crippen LogP contribution in [-0.4, -0.2) is 29.9 Å². The largest absolute Gasteiger partial charge is 0.342 e. The van der Waals surface area contributed by atoms with Crippen molar-refractivity contribution in [2.45, 2.75) is 39.8 Å². The van der Waals surface area contributed by atoms with E-state index in [1.165, 1.54) is 12.1 Å². The molecule has 4 heteroatoms. The minimum Gasteiger partial charge on any atom is -0.342 e. The molecule has 0 bridgehead atoms. The number of nitrogens with zero attached hydrogens (tertiary/aromatic N) is 1. The van der Waals surface area contributed by atoms with E-state index in [-0.39, 0.29) is 23.8 Å². The third-order valence-corrected chi connectivity index (χ3v) is 3.29. The highest BCUT2D eigenvalue weighted by molar-refractivity contribution is 5.81. The summed E-state index contributed by atoms with van der Waals surface area (Å²) in [6.07, 6.45) is 0. The lowest BCUT2D eigenvalue weighted by atomic mass is 10.1. The van der Waals surface area contributed by atoms with Crippen molar-refractivity contribution in [3.8, 4) is 0 Å². The van der Waals surface area contributed by atoms with Crippen LogP contribution in [0.15, 0.2) is 24.3 Å². The molecule has 0 fully saturated rings. The Morgan fingerprint density at radius 2 is 1.95 bits per heavy atom. The molecule has 19 heavy (non-hydrogen) atoms. The van der Waals surface area contributed by atoms with Gasteiger partial charge in [0.2, 0.25) is 5.91 Å². The Bertz CT molecular complexity index is 418. The first-order valence-corrected chi connectivity index (χ1v) is 6.79. The van der Waals surface area contributed by atoms with Crippen LogP contribution in [-0.2, 0) is 4.79 Å². The number of halogens is 1. The maximum atomic E-state index is 13.2. The maximum absolute atomic E-state index is 13.2. The first-order chi connectivity index (χ1) is 8.99. The molecule has 0 spiro atoms. The highest BCUT2D eigenvalue weighted by Gasteiger charge is 2.20. The van der Waals surface area contributed by atoms with Gasteiger partial charge < -0.3 is 4.90 Å². The van der Waals surface area contributed by atoms with E-state index < -0.39 is 0 Å². The van der Waals surface area contributed by atoms with Crippen molar-refractivity contribution in [3.63, 3.8) is 0 Å². The van der Waals surface area contributed by atoms with Gasteiger partial charge in [-0.3, -0.25) is 10.1 Å². The molecule has 1 aromatic rings. The van der Waals surface area contributed by atoms with Crippen LogP contribution < -0.4 is 5.32 Å². The fourth-order valence-electron chi connectivity index (χ4n) is 2.13. The summed E-state index contributed by atoms with van der Waals surface area (Å²) in [7, 11) is 0. The van der Waals surface area contributed by atoms with Gasteiger partial charge in [0.1, 0.15) is 5.82 Å². The minimum atomic E-state index is -0.279. The smallest absolute Gasteiger partial charge is 0.239 e. The van der Waals surface area contributed by atoms with E-state index in [2.05, 4.69) is 5.32 Å². The molecule has 0 saturated heterocycles. The number of benzene rings is 1. The first-order valence-electron chi connectivity index (χ1n) is 6.79. The minimum absolute atomic E-state index is 0.0646. The summed E-state index contributed by atoms with van der Waals surface area (Å²) in [5, 5.41) is 3.21. The Morgan fingerprint density at radius 3 is 2.47 bits per heavy atom. The van der Waals surface area contributed by atoms with Gasteiger partial charge in [-0.15, -0.1) is 0 Å². The molecule has 2 atom stereocenters.